The van der Waals surface area contributed by atoms with Crippen LogP contribution in [0.25, 0.3) is 0 Å². The van der Waals surface area contributed by atoms with E-state index in [0.717, 1.165) is 0 Å². The Kier molecular flexibility index (Phi) is 2.42. The molecule has 3 nitrogen and oxygen atoms in total. The van der Waals surface area contributed by atoms with E-state index in [0.29, 0.717) is 18.0 Å². The standard InChI is InChI=1S/C11H16N2O/c1-13-10(8-3-2-4-8)6-5-9(7-12)11(13)14/h5-6,8H,2-4,7,12H2,1H3. The van der Waals surface area contributed by atoms with E-state index in [9.17, 15) is 4.79 Å². The monoisotopic (exact) mass is 192 g/mol. The summed E-state index contributed by atoms with van der Waals surface area (Å²) < 4.78 is 1.76. The number of hydrogen-bond acceptors (Lipinski definition) is 2. The Morgan fingerprint density at radius 2 is 2.21 bits per heavy atom. The van der Waals surface area contributed by atoms with Crippen LogP contribution in [0.15, 0.2) is 16.9 Å². The van der Waals surface area contributed by atoms with Crippen LogP contribution in [0.5, 0.6) is 0 Å². The molecule has 1 heterocycles. The number of nitrogens with two attached hydrogens (primary N) is 1. The zero-order valence-corrected chi connectivity index (χ0v) is 8.49. The first-order chi connectivity index (χ1) is 6.74. The predicted molar refractivity (Wildman–Crippen MR) is 56.2 cm³/mol. The maximum atomic E-state index is 11.7. The van der Waals surface area contributed by atoms with E-state index in [-0.39, 0.29) is 5.56 Å². The van der Waals surface area contributed by atoms with Gasteiger partial charge in [0.05, 0.1) is 0 Å². The van der Waals surface area contributed by atoms with Crippen LogP contribution >= 0.6 is 0 Å². The summed E-state index contributed by atoms with van der Waals surface area (Å²) in [7, 11) is 1.84. The van der Waals surface area contributed by atoms with Gasteiger partial charge in [-0.15, -0.1) is 0 Å². The first kappa shape index (κ1) is 9.46. The van der Waals surface area contributed by atoms with Crippen molar-refractivity contribution < 1.29 is 0 Å². The smallest absolute Gasteiger partial charge is 0.254 e. The van der Waals surface area contributed by atoms with Crippen molar-refractivity contribution in [2.24, 2.45) is 12.8 Å². The third kappa shape index (κ3) is 1.38. The highest BCUT2D eigenvalue weighted by Gasteiger charge is 2.22. The minimum atomic E-state index is 0.0666. The van der Waals surface area contributed by atoms with Gasteiger partial charge in [0.2, 0.25) is 0 Å². The van der Waals surface area contributed by atoms with E-state index in [2.05, 4.69) is 0 Å². The third-order valence-electron chi connectivity index (χ3n) is 3.17. The minimum absolute atomic E-state index is 0.0666. The van der Waals surface area contributed by atoms with Gasteiger partial charge < -0.3 is 10.3 Å². The summed E-state index contributed by atoms with van der Waals surface area (Å²) in [5.41, 5.74) is 7.41. The largest absolute Gasteiger partial charge is 0.326 e. The van der Waals surface area contributed by atoms with E-state index in [1.165, 1.54) is 25.0 Å². The fraction of sp³-hybridized carbons (Fsp3) is 0.545. The number of rotatable bonds is 2. The molecule has 14 heavy (non-hydrogen) atoms. The van der Waals surface area contributed by atoms with Gasteiger partial charge in [0.25, 0.3) is 5.56 Å². The van der Waals surface area contributed by atoms with Crippen LogP contribution < -0.4 is 11.3 Å². The van der Waals surface area contributed by atoms with Gasteiger partial charge in [0.1, 0.15) is 0 Å². The molecule has 1 aromatic rings. The minimum Gasteiger partial charge on any atom is -0.326 e. The second-order valence-electron chi connectivity index (χ2n) is 3.98. The van der Waals surface area contributed by atoms with Crippen molar-refractivity contribution in [3.63, 3.8) is 0 Å². The Balaban J connectivity index is 2.43. The Morgan fingerprint density at radius 1 is 1.50 bits per heavy atom. The molecule has 2 N–H and O–H groups in total. The molecule has 0 radical (unpaired) electrons. The van der Waals surface area contributed by atoms with Crippen LogP contribution in [0.4, 0.5) is 0 Å². The van der Waals surface area contributed by atoms with Crippen LogP contribution in [0, 0.1) is 0 Å². The molecule has 3 heteroatoms. The number of hydrogen-bond donors (Lipinski definition) is 1. The molecule has 0 atom stereocenters. The van der Waals surface area contributed by atoms with Crippen LogP contribution in [0.1, 0.15) is 36.4 Å². The Bertz CT molecular complexity index is 391. The van der Waals surface area contributed by atoms with Crippen molar-refractivity contribution in [2.75, 3.05) is 0 Å². The van der Waals surface area contributed by atoms with Crippen molar-refractivity contribution >= 4 is 0 Å². The fourth-order valence-electron chi connectivity index (χ4n) is 1.97. The first-order valence-corrected chi connectivity index (χ1v) is 5.13. The number of nitrogens with zero attached hydrogens (tertiary/aromatic N) is 1. The number of aromatic nitrogens is 1. The van der Waals surface area contributed by atoms with E-state index >= 15 is 0 Å². The molecule has 0 amide bonds. The molecule has 0 aromatic carbocycles. The molecule has 0 spiro atoms. The molecular weight excluding hydrogens is 176 g/mol. The van der Waals surface area contributed by atoms with Gasteiger partial charge in [-0.2, -0.15) is 0 Å². The van der Waals surface area contributed by atoms with Gasteiger partial charge in [0.15, 0.2) is 0 Å². The van der Waals surface area contributed by atoms with Crippen LogP contribution in [-0.4, -0.2) is 4.57 Å². The van der Waals surface area contributed by atoms with Crippen molar-refractivity contribution in [3.8, 4) is 0 Å². The van der Waals surface area contributed by atoms with Crippen LogP contribution in [-0.2, 0) is 13.6 Å². The third-order valence-corrected chi connectivity index (χ3v) is 3.17. The Hall–Kier alpha value is -1.09. The summed E-state index contributed by atoms with van der Waals surface area (Å²) in [6.07, 6.45) is 3.72. The highest BCUT2D eigenvalue weighted by atomic mass is 16.1. The molecular formula is C11H16N2O. The molecule has 1 aromatic heterocycles. The summed E-state index contributed by atoms with van der Waals surface area (Å²) in [6, 6.07) is 3.92. The van der Waals surface area contributed by atoms with Crippen LogP contribution in [0.2, 0.25) is 0 Å². The number of pyridine rings is 1. The molecule has 0 unspecified atom stereocenters. The zero-order valence-electron chi connectivity index (χ0n) is 8.49. The Labute approximate surface area is 83.5 Å². The normalized spacial score (nSPS) is 16.7. The fourth-order valence-corrected chi connectivity index (χ4v) is 1.97. The predicted octanol–water partition coefficient (Wildman–Crippen LogP) is 1.11. The molecule has 0 bridgehead atoms. The van der Waals surface area contributed by atoms with Crippen molar-refractivity contribution in [3.05, 3.63) is 33.7 Å². The molecule has 1 aliphatic carbocycles. The quantitative estimate of drug-likeness (QED) is 0.763. The van der Waals surface area contributed by atoms with Crippen LogP contribution in [0.3, 0.4) is 0 Å². The molecule has 0 aliphatic heterocycles. The zero-order chi connectivity index (χ0) is 10.1. The summed E-state index contributed by atoms with van der Waals surface area (Å²) in [4.78, 5) is 11.7. The lowest BCUT2D eigenvalue weighted by Crippen LogP contribution is -2.28. The van der Waals surface area contributed by atoms with Crippen molar-refractivity contribution in [2.45, 2.75) is 31.7 Å². The molecule has 1 fully saturated rings. The summed E-state index contributed by atoms with van der Waals surface area (Å²) in [5, 5.41) is 0. The average Bonchev–Trinajstić information content (AvgIpc) is 2.10. The lowest BCUT2D eigenvalue weighted by Gasteiger charge is -2.27. The van der Waals surface area contributed by atoms with Gasteiger partial charge in [-0.25, -0.2) is 0 Å². The van der Waals surface area contributed by atoms with Gasteiger partial charge >= 0.3 is 0 Å². The highest BCUT2D eigenvalue weighted by Crippen LogP contribution is 2.35. The van der Waals surface area contributed by atoms with E-state index in [4.69, 9.17) is 5.73 Å². The Morgan fingerprint density at radius 3 is 2.71 bits per heavy atom. The summed E-state index contributed by atoms with van der Waals surface area (Å²) in [6.45, 7) is 0.331. The maximum Gasteiger partial charge on any atom is 0.254 e. The molecule has 1 aliphatic rings. The summed E-state index contributed by atoms with van der Waals surface area (Å²) >= 11 is 0. The summed E-state index contributed by atoms with van der Waals surface area (Å²) in [5.74, 6) is 0.597. The molecule has 1 saturated carbocycles. The van der Waals surface area contributed by atoms with E-state index in [1.807, 2.05) is 19.2 Å². The lowest BCUT2D eigenvalue weighted by atomic mass is 9.82. The van der Waals surface area contributed by atoms with E-state index < -0.39 is 0 Å². The van der Waals surface area contributed by atoms with Gasteiger partial charge in [0, 0.05) is 24.8 Å². The first-order valence-electron chi connectivity index (χ1n) is 5.13. The van der Waals surface area contributed by atoms with Gasteiger partial charge in [-0.3, -0.25) is 4.79 Å². The van der Waals surface area contributed by atoms with E-state index in [1.54, 1.807) is 4.57 Å². The van der Waals surface area contributed by atoms with Crippen molar-refractivity contribution in [1.29, 1.82) is 0 Å². The topological polar surface area (TPSA) is 48.0 Å². The molecule has 0 saturated heterocycles. The maximum absolute atomic E-state index is 11.7. The van der Waals surface area contributed by atoms with Crippen molar-refractivity contribution in [1.82, 2.24) is 4.57 Å². The SMILES string of the molecule is Cn1c(C2CCC2)ccc(CN)c1=O. The molecule has 2 rings (SSSR count). The highest BCUT2D eigenvalue weighted by molar-refractivity contribution is 5.20. The average molecular weight is 192 g/mol. The van der Waals surface area contributed by atoms with Gasteiger partial charge in [-0.1, -0.05) is 12.5 Å². The molecule has 76 valence electrons. The lowest BCUT2D eigenvalue weighted by molar-refractivity contribution is 0.398. The van der Waals surface area contributed by atoms with Gasteiger partial charge in [-0.05, 0) is 24.8 Å². The second kappa shape index (κ2) is 3.58. The second-order valence-corrected chi connectivity index (χ2v) is 3.98.